The van der Waals surface area contributed by atoms with Crippen LogP contribution in [0.2, 0.25) is 0 Å². The summed E-state index contributed by atoms with van der Waals surface area (Å²) in [5.74, 6) is 0.0335. The van der Waals surface area contributed by atoms with E-state index < -0.39 is 17.9 Å². The molecule has 2 aromatic carbocycles. The number of hydrogen-bond acceptors (Lipinski definition) is 7. The number of amides is 1. The Morgan fingerprint density at radius 2 is 1.92 bits per heavy atom. The number of methoxy groups -OCH3 is 1. The Labute approximate surface area is 230 Å². The van der Waals surface area contributed by atoms with Gasteiger partial charge in [-0.1, -0.05) is 37.6 Å². The molecule has 0 unspecified atom stereocenters. The Bertz CT molecular complexity index is 1120. The molecule has 212 valence electrons. The van der Waals surface area contributed by atoms with Gasteiger partial charge in [0.25, 0.3) is 0 Å². The van der Waals surface area contributed by atoms with Crippen molar-refractivity contribution in [2.75, 3.05) is 53.0 Å². The Morgan fingerprint density at radius 3 is 2.64 bits per heavy atom. The number of likely N-dealkylation sites (tertiary alicyclic amines) is 1. The van der Waals surface area contributed by atoms with Crippen molar-refractivity contribution in [2.45, 2.75) is 44.6 Å². The van der Waals surface area contributed by atoms with E-state index in [1.807, 2.05) is 34.1 Å². The lowest BCUT2D eigenvalue weighted by atomic mass is 9.84. The molecule has 1 amide bonds. The highest BCUT2D eigenvalue weighted by molar-refractivity contribution is 5.79. The molecule has 0 radical (unpaired) electrons. The highest BCUT2D eigenvalue weighted by atomic mass is 16.5. The van der Waals surface area contributed by atoms with E-state index in [4.69, 9.17) is 19.9 Å². The number of carboxylic acid groups (broad SMARTS) is 1. The molecule has 9 heteroatoms. The molecule has 0 bridgehead atoms. The van der Waals surface area contributed by atoms with Crippen LogP contribution in [0.5, 0.6) is 17.2 Å². The molecule has 3 atom stereocenters. The van der Waals surface area contributed by atoms with Crippen LogP contribution in [-0.2, 0) is 16.0 Å². The average molecular weight is 540 g/mol. The lowest BCUT2D eigenvalue weighted by molar-refractivity contribution is -0.144. The van der Waals surface area contributed by atoms with Crippen molar-refractivity contribution in [3.8, 4) is 17.2 Å². The van der Waals surface area contributed by atoms with Crippen molar-refractivity contribution in [1.29, 1.82) is 0 Å². The Balaban J connectivity index is 1.61. The second-order valence-corrected chi connectivity index (χ2v) is 10.3. The third-order valence-electron chi connectivity index (χ3n) is 7.76. The molecule has 2 heterocycles. The van der Waals surface area contributed by atoms with Crippen molar-refractivity contribution in [3.05, 3.63) is 53.6 Å². The van der Waals surface area contributed by atoms with Crippen LogP contribution in [-0.4, -0.2) is 85.9 Å². The first-order valence-corrected chi connectivity index (χ1v) is 13.9. The van der Waals surface area contributed by atoms with Crippen molar-refractivity contribution >= 4 is 11.9 Å². The van der Waals surface area contributed by atoms with Crippen LogP contribution in [0.15, 0.2) is 42.5 Å². The first kappa shape index (κ1) is 28.7. The van der Waals surface area contributed by atoms with E-state index in [1.165, 1.54) is 0 Å². The maximum absolute atomic E-state index is 13.5. The SMILES string of the molecule is CCCCN(CCCN)C(=O)CN1C[C@H](c2ccc3c(c2)CCO3)[C@@H](C(=O)O)[C@@H]1COc1ccccc1OC. The minimum atomic E-state index is -0.897. The van der Waals surface area contributed by atoms with Crippen LogP contribution in [0.25, 0.3) is 0 Å². The summed E-state index contributed by atoms with van der Waals surface area (Å²) in [6, 6.07) is 12.8. The number of carbonyl (C=O) groups excluding carboxylic acids is 1. The van der Waals surface area contributed by atoms with E-state index in [0.717, 1.165) is 42.6 Å². The van der Waals surface area contributed by atoms with Gasteiger partial charge in [0.1, 0.15) is 12.4 Å². The Kier molecular flexibility index (Phi) is 10.1. The van der Waals surface area contributed by atoms with E-state index in [2.05, 4.69) is 13.0 Å². The molecule has 9 nitrogen and oxygen atoms in total. The van der Waals surface area contributed by atoms with Gasteiger partial charge in [0.2, 0.25) is 5.91 Å². The van der Waals surface area contributed by atoms with Gasteiger partial charge < -0.3 is 30.0 Å². The number of para-hydroxylation sites is 2. The predicted molar refractivity (Wildman–Crippen MR) is 149 cm³/mol. The maximum Gasteiger partial charge on any atom is 0.308 e. The normalized spacial score (nSPS) is 20.3. The molecule has 39 heavy (non-hydrogen) atoms. The molecule has 2 aliphatic rings. The van der Waals surface area contributed by atoms with Crippen LogP contribution >= 0.6 is 0 Å². The number of aliphatic carboxylic acids is 1. The van der Waals surface area contributed by atoms with Gasteiger partial charge in [-0.05, 0) is 48.7 Å². The summed E-state index contributed by atoms with van der Waals surface area (Å²) in [5, 5.41) is 10.5. The number of benzene rings is 2. The zero-order chi connectivity index (χ0) is 27.8. The number of nitrogens with two attached hydrogens (primary N) is 1. The van der Waals surface area contributed by atoms with Gasteiger partial charge >= 0.3 is 5.97 Å². The molecular formula is C30H41N3O6. The summed E-state index contributed by atoms with van der Waals surface area (Å²) >= 11 is 0. The van der Waals surface area contributed by atoms with Crippen molar-refractivity contribution in [2.24, 2.45) is 11.7 Å². The average Bonchev–Trinajstić information content (AvgIpc) is 3.56. The summed E-state index contributed by atoms with van der Waals surface area (Å²) < 4.78 is 17.3. The highest BCUT2D eigenvalue weighted by Crippen LogP contribution is 2.40. The number of ether oxygens (including phenoxy) is 3. The quantitative estimate of drug-likeness (QED) is 0.376. The molecule has 2 aromatic rings. The van der Waals surface area contributed by atoms with Crippen molar-refractivity contribution in [3.63, 3.8) is 0 Å². The minimum absolute atomic E-state index is 0.00802. The van der Waals surface area contributed by atoms with Crippen LogP contribution < -0.4 is 19.9 Å². The fourth-order valence-electron chi connectivity index (χ4n) is 5.65. The summed E-state index contributed by atoms with van der Waals surface area (Å²) in [6.07, 6.45) is 3.43. The monoisotopic (exact) mass is 539 g/mol. The summed E-state index contributed by atoms with van der Waals surface area (Å²) in [7, 11) is 1.57. The number of carboxylic acids is 1. The van der Waals surface area contributed by atoms with Gasteiger partial charge in [0.15, 0.2) is 11.5 Å². The number of nitrogens with zero attached hydrogens (tertiary/aromatic N) is 2. The topological polar surface area (TPSA) is 115 Å². The van der Waals surface area contributed by atoms with E-state index in [1.54, 1.807) is 19.2 Å². The second-order valence-electron chi connectivity index (χ2n) is 10.3. The highest BCUT2D eigenvalue weighted by Gasteiger charge is 2.48. The number of hydrogen-bond donors (Lipinski definition) is 2. The van der Waals surface area contributed by atoms with Crippen LogP contribution in [0.3, 0.4) is 0 Å². The number of fused-ring (bicyclic) bond motifs is 1. The molecule has 0 saturated carbocycles. The van der Waals surface area contributed by atoms with Gasteiger partial charge in [0, 0.05) is 32.0 Å². The number of unbranched alkanes of at least 4 members (excludes halogenated alkanes) is 1. The predicted octanol–water partition coefficient (Wildman–Crippen LogP) is 3.16. The van der Waals surface area contributed by atoms with E-state index in [9.17, 15) is 14.7 Å². The molecule has 0 aliphatic carbocycles. The van der Waals surface area contributed by atoms with Gasteiger partial charge in [0.05, 0.1) is 32.2 Å². The maximum atomic E-state index is 13.5. The smallest absolute Gasteiger partial charge is 0.308 e. The van der Waals surface area contributed by atoms with Crippen molar-refractivity contribution in [1.82, 2.24) is 9.80 Å². The molecule has 3 N–H and O–H groups in total. The van der Waals surface area contributed by atoms with Crippen LogP contribution in [0, 0.1) is 5.92 Å². The summed E-state index contributed by atoms with van der Waals surface area (Å²) in [4.78, 5) is 30.2. The summed E-state index contributed by atoms with van der Waals surface area (Å²) in [6.45, 7) is 5.21. The van der Waals surface area contributed by atoms with Gasteiger partial charge in [-0.25, -0.2) is 0 Å². The van der Waals surface area contributed by atoms with E-state index >= 15 is 0 Å². The van der Waals surface area contributed by atoms with Crippen LogP contribution in [0.4, 0.5) is 0 Å². The van der Waals surface area contributed by atoms with Gasteiger partial charge in [-0.3, -0.25) is 14.5 Å². The standard InChI is InChI=1S/C30H41N3O6/c1-3-4-14-32(15-7-13-31)28(34)19-33-18-23(21-10-11-25-22(17-21)12-16-38-25)29(30(35)36)24(33)20-39-27-9-6-5-8-26(27)37-2/h5-6,8-11,17,23-24,29H,3-4,7,12-16,18-20,31H2,1-2H3,(H,35,36)/t23-,24+,29-/m1/s1. The molecule has 1 fully saturated rings. The zero-order valence-corrected chi connectivity index (χ0v) is 23.0. The first-order valence-electron chi connectivity index (χ1n) is 13.9. The minimum Gasteiger partial charge on any atom is -0.493 e. The lowest BCUT2D eigenvalue weighted by Gasteiger charge is -2.29. The zero-order valence-electron chi connectivity index (χ0n) is 23.0. The van der Waals surface area contributed by atoms with Crippen LogP contribution in [0.1, 0.15) is 43.2 Å². The molecule has 4 rings (SSSR count). The largest absolute Gasteiger partial charge is 0.493 e. The van der Waals surface area contributed by atoms with Gasteiger partial charge in [-0.15, -0.1) is 0 Å². The Hall–Kier alpha value is -3.30. The second kappa shape index (κ2) is 13.7. The lowest BCUT2D eigenvalue weighted by Crippen LogP contribution is -2.47. The number of rotatable bonds is 14. The van der Waals surface area contributed by atoms with E-state index in [-0.39, 0.29) is 25.0 Å². The third kappa shape index (κ3) is 6.83. The third-order valence-corrected chi connectivity index (χ3v) is 7.76. The fourth-order valence-corrected chi connectivity index (χ4v) is 5.65. The fraction of sp³-hybridized carbons (Fsp3) is 0.533. The summed E-state index contributed by atoms with van der Waals surface area (Å²) in [5.41, 5.74) is 7.78. The molecule has 0 spiro atoms. The van der Waals surface area contributed by atoms with E-state index in [0.29, 0.717) is 44.3 Å². The first-order chi connectivity index (χ1) is 19.0. The molecule has 0 aromatic heterocycles. The number of carbonyl (C=O) groups is 2. The molecular weight excluding hydrogens is 498 g/mol. The van der Waals surface area contributed by atoms with Gasteiger partial charge in [-0.2, -0.15) is 0 Å². The van der Waals surface area contributed by atoms with Crippen molar-refractivity contribution < 1.29 is 28.9 Å². The molecule has 1 saturated heterocycles. The Morgan fingerprint density at radius 1 is 1.15 bits per heavy atom. The molecule has 2 aliphatic heterocycles.